The molecule has 1 aromatic heterocycles. The number of ether oxygens (including phenoxy) is 2. The van der Waals surface area contributed by atoms with E-state index in [1.165, 1.54) is 11.3 Å². The Balaban J connectivity index is 1.80. The summed E-state index contributed by atoms with van der Waals surface area (Å²) in [6, 6.07) is 0. The van der Waals surface area contributed by atoms with Crippen LogP contribution in [-0.2, 0) is 30.2 Å². The lowest BCUT2D eigenvalue weighted by Crippen LogP contribution is -2.45. The number of cyclic esters (lactones) is 1. The first-order valence-electron chi connectivity index (χ1n) is 14.7. The molecule has 0 spiro atoms. The maximum atomic E-state index is 13.3. The van der Waals surface area contributed by atoms with Crippen LogP contribution in [0, 0.1) is 17.3 Å². The Labute approximate surface area is 252 Å². The third kappa shape index (κ3) is 9.01. The van der Waals surface area contributed by atoms with Gasteiger partial charge < -0.3 is 30.3 Å². The summed E-state index contributed by atoms with van der Waals surface area (Å²) >= 11 is 1.34. The maximum absolute atomic E-state index is 13.3. The van der Waals surface area contributed by atoms with Crippen molar-refractivity contribution >= 4 is 36.7 Å². The molecule has 2 unspecified atom stereocenters. The monoisotopic (exact) mass is 629 g/mol. The number of aromatic nitrogens is 1. The molecule has 238 valence electrons. The fourth-order valence-corrected chi connectivity index (χ4v) is 7.24. The number of hydrogen-bond acceptors (Lipinski definition) is 10. The van der Waals surface area contributed by atoms with Crippen molar-refractivity contribution in [2.24, 2.45) is 23.0 Å². The van der Waals surface area contributed by atoms with Gasteiger partial charge in [0.05, 0.1) is 54.1 Å². The minimum Gasteiger partial charge on any atom is -0.458 e. The Hall–Kier alpha value is -1.50. The van der Waals surface area contributed by atoms with Crippen LogP contribution in [0.15, 0.2) is 11.0 Å². The molecule has 3 heterocycles. The number of aliphatic hydroxyl groups excluding tert-OH is 2. The molecule has 2 aliphatic rings. The molecule has 13 heteroatoms. The van der Waals surface area contributed by atoms with Gasteiger partial charge in [-0.1, -0.05) is 34.1 Å². The molecule has 42 heavy (non-hydrogen) atoms. The predicted molar refractivity (Wildman–Crippen MR) is 162 cm³/mol. The highest BCUT2D eigenvalue weighted by Gasteiger charge is 2.53. The molecular weight excluding hydrogens is 581 g/mol. The van der Waals surface area contributed by atoms with Gasteiger partial charge in [0.1, 0.15) is 16.9 Å². The zero-order chi connectivity index (χ0) is 31.5. The van der Waals surface area contributed by atoms with Crippen LogP contribution in [0.4, 0.5) is 0 Å². The molecule has 6 N–H and O–H groups in total. The molecule has 0 amide bonds. The number of epoxide rings is 1. The maximum Gasteiger partial charge on any atom is 0.309 e. The van der Waals surface area contributed by atoms with Gasteiger partial charge in [-0.05, 0) is 44.3 Å². The number of carbonyl (C=O) groups excluding carboxylic acids is 2. The molecule has 11 nitrogen and oxygen atoms in total. The SMILES string of the molecule is C/C(=C\c1csc(CNP(=O)(O)CCN)n1)[C@H]1C[C@H]2O[C@@]2(C)CCCC(C)[C@@H](O)[C@H](C)C(=O)C(C)(C)[C@H](O)CC(=O)O1. The van der Waals surface area contributed by atoms with Crippen LogP contribution < -0.4 is 10.8 Å². The molecule has 0 radical (unpaired) electrons. The number of thiazole rings is 1. The average Bonchev–Trinajstić information content (AvgIpc) is 3.31. The van der Waals surface area contributed by atoms with E-state index in [-0.39, 0.29) is 49.1 Å². The zero-order valence-electron chi connectivity index (χ0n) is 25.5. The van der Waals surface area contributed by atoms with E-state index in [1.54, 1.807) is 20.8 Å². The van der Waals surface area contributed by atoms with Gasteiger partial charge >= 0.3 is 5.97 Å². The molecule has 0 aliphatic carbocycles. The van der Waals surface area contributed by atoms with E-state index in [0.717, 1.165) is 24.8 Å². The van der Waals surface area contributed by atoms with Gasteiger partial charge in [-0.3, -0.25) is 14.2 Å². The molecule has 0 saturated carbocycles. The summed E-state index contributed by atoms with van der Waals surface area (Å²) in [5.74, 6) is -1.75. The summed E-state index contributed by atoms with van der Waals surface area (Å²) in [7, 11) is -3.53. The molecule has 3 rings (SSSR count). The van der Waals surface area contributed by atoms with E-state index in [4.69, 9.17) is 15.2 Å². The summed E-state index contributed by atoms with van der Waals surface area (Å²) in [6.45, 7) is 10.9. The van der Waals surface area contributed by atoms with E-state index in [0.29, 0.717) is 17.1 Å². The number of nitrogens with two attached hydrogens (primary N) is 1. The number of nitrogens with zero attached hydrogens (tertiary/aromatic N) is 1. The molecule has 1 aromatic rings. The van der Waals surface area contributed by atoms with E-state index in [1.807, 2.05) is 32.2 Å². The molecule has 2 saturated heterocycles. The van der Waals surface area contributed by atoms with Crippen molar-refractivity contribution in [2.45, 2.75) is 110 Å². The highest BCUT2D eigenvalue weighted by molar-refractivity contribution is 7.55. The summed E-state index contributed by atoms with van der Waals surface area (Å²) < 4.78 is 24.0. The van der Waals surface area contributed by atoms with Crippen LogP contribution in [-0.4, -0.2) is 74.6 Å². The second kappa shape index (κ2) is 14.1. The van der Waals surface area contributed by atoms with E-state index in [9.17, 15) is 29.3 Å². The molecule has 2 fully saturated rings. The third-order valence-electron chi connectivity index (χ3n) is 8.77. The number of ketones is 1. The van der Waals surface area contributed by atoms with Crippen molar-refractivity contribution < 1.29 is 38.7 Å². The second-order valence-electron chi connectivity index (χ2n) is 12.7. The lowest BCUT2D eigenvalue weighted by atomic mass is 9.73. The Kier molecular flexibility index (Phi) is 11.7. The minimum atomic E-state index is -3.53. The normalized spacial score (nSPS) is 34.8. The van der Waals surface area contributed by atoms with Crippen LogP contribution in [0.5, 0.6) is 0 Å². The van der Waals surface area contributed by atoms with Crippen molar-refractivity contribution in [1.29, 1.82) is 0 Å². The first-order chi connectivity index (χ1) is 19.5. The summed E-state index contributed by atoms with van der Waals surface area (Å²) in [6.07, 6.45) is 1.20. The number of esters is 1. The van der Waals surface area contributed by atoms with Crippen molar-refractivity contribution in [3.8, 4) is 0 Å². The van der Waals surface area contributed by atoms with Gasteiger partial charge in [0.25, 0.3) is 7.52 Å². The van der Waals surface area contributed by atoms with Crippen LogP contribution in [0.2, 0.25) is 0 Å². The largest absolute Gasteiger partial charge is 0.458 e. The summed E-state index contributed by atoms with van der Waals surface area (Å²) in [5.41, 5.74) is 5.11. The van der Waals surface area contributed by atoms with Crippen molar-refractivity contribution in [2.75, 3.05) is 12.7 Å². The number of aliphatic hydroxyl groups is 2. The molecule has 2 aliphatic heterocycles. The van der Waals surface area contributed by atoms with Crippen LogP contribution >= 0.6 is 18.9 Å². The highest BCUT2D eigenvalue weighted by atomic mass is 32.1. The molecule has 0 aromatic carbocycles. The van der Waals surface area contributed by atoms with Gasteiger partial charge in [-0.25, -0.2) is 10.1 Å². The fourth-order valence-electron chi connectivity index (χ4n) is 5.54. The summed E-state index contributed by atoms with van der Waals surface area (Å²) in [4.78, 5) is 40.8. The number of fused-ring (bicyclic) bond motifs is 1. The molecule has 0 bridgehead atoms. The molecular formula is C29H48N3O8PS. The second-order valence-corrected chi connectivity index (χ2v) is 15.8. The lowest BCUT2D eigenvalue weighted by molar-refractivity contribution is -0.154. The van der Waals surface area contributed by atoms with Crippen molar-refractivity contribution in [3.05, 3.63) is 21.7 Å². The number of carbonyl (C=O) groups is 2. The number of hydrogen-bond donors (Lipinski definition) is 5. The van der Waals surface area contributed by atoms with E-state index >= 15 is 0 Å². The summed E-state index contributed by atoms with van der Waals surface area (Å²) in [5, 5.41) is 26.9. The van der Waals surface area contributed by atoms with Crippen LogP contribution in [0.25, 0.3) is 6.08 Å². The fraction of sp³-hybridized carbons (Fsp3) is 0.759. The first-order valence-corrected chi connectivity index (χ1v) is 17.4. The predicted octanol–water partition coefficient (Wildman–Crippen LogP) is 3.40. The van der Waals surface area contributed by atoms with Gasteiger partial charge in [-0.2, -0.15) is 0 Å². The Bertz CT molecular complexity index is 1190. The smallest absolute Gasteiger partial charge is 0.309 e. The van der Waals surface area contributed by atoms with Gasteiger partial charge in [0.15, 0.2) is 0 Å². The first kappa shape index (κ1) is 35.0. The van der Waals surface area contributed by atoms with E-state index in [2.05, 4.69) is 10.1 Å². The van der Waals surface area contributed by atoms with Crippen molar-refractivity contribution in [1.82, 2.24) is 10.1 Å². The van der Waals surface area contributed by atoms with Gasteiger partial charge in [-0.15, -0.1) is 11.3 Å². The number of Topliss-reactive ketones (excluding diaryl/α,β-unsaturated/α-hetero) is 1. The Morgan fingerprint density at radius 3 is 2.64 bits per heavy atom. The topological polar surface area (TPSA) is 185 Å². The number of nitrogens with one attached hydrogen (secondary N) is 1. The highest BCUT2D eigenvalue weighted by Crippen LogP contribution is 2.45. The number of rotatable bonds is 7. The van der Waals surface area contributed by atoms with Crippen molar-refractivity contribution in [3.63, 3.8) is 0 Å². The van der Waals surface area contributed by atoms with Crippen LogP contribution in [0.3, 0.4) is 0 Å². The van der Waals surface area contributed by atoms with E-state index < -0.39 is 43.1 Å². The zero-order valence-corrected chi connectivity index (χ0v) is 27.2. The Morgan fingerprint density at radius 2 is 1.98 bits per heavy atom. The third-order valence-corrected chi connectivity index (χ3v) is 11.2. The quantitative estimate of drug-likeness (QED) is 0.169. The van der Waals surface area contributed by atoms with Gasteiger partial charge in [0.2, 0.25) is 0 Å². The standard InChI is InChI=1S/C29H48N3O8PS/c1-17-8-7-9-29(6)23(40-29)13-21(39-25(34)14-22(33)28(4,5)27(36)19(3)26(17)35)18(2)12-20-16-42-24(32-20)15-31-41(37,38)11-10-30/h12,16-17,19,21-23,26,33,35H,7-11,13-15,30H2,1-6H3,(H2,31,37,38)/b18-12+/t17?,19-,21+,22+,23+,26+,29-/m0/s1. The van der Waals surface area contributed by atoms with Gasteiger partial charge in [0, 0.05) is 24.3 Å². The Morgan fingerprint density at radius 1 is 1.29 bits per heavy atom. The van der Waals surface area contributed by atoms with Crippen LogP contribution in [0.1, 0.15) is 84.3 Å². The lowest BCUT2D eigenvalue weighted by Gasteiger charge is -2.34. The molecule has 8 atom stereocenters. The minimum absolute atomic E-state index is 0.0283. The average molecular weight is 630 g/mol.